The van der Waals surface area contributed by atoms with Gasteiger partial charge in [-0.2, -0.15) is 0 Å². The fourth-order valence-corrected chi connectivity index (χ4v) is 4.28. The molecule has 2 rings (SSSR count). The van der Waals surface area contributed by atoms with Gasteiger partial charge in [0.2, 0.25) is 10.0 Å². The molecular formula is C12H18N2O3S2. The van der Waals surface area contributed by atoms with Crippen LogP contribution in [-0.2, 0) is 20.8 Å². The van der Waals surface area contributed by atoms with Crippen molar-refractivity contribution < 1.29 is 12.6 Å². The molecule has 1 aromatic carbocycles. The lowest BCUT2D eigenvalue weighted by Gasteiger charge is -2.24. The topological polar surface area (TPSA) is 75.3 Å². The molecule has 1 fully saturated rings. The van der Waals surface area contributed by atoms with E-state index in [1.165, 1.54) is 7.05 Å². The summed E-state index contributed by atoms with van der Waals surface area (Å²) in [6.07, 6.45) is 1.61. The van der Waals surface area contributed by atoms with E-state index in [1.54, 1.807) is 24.3 Å². The molecule has 1 aliphatic rings. The van der Waals surface area contributed by atoms with Gasteiger partial charge in [0.25, 0.3) is 0 Å². The molecule has 2 N–H and O–H groups in total. The predicted molar refractivity (Wildman–Crippen MR) is 77.2 cm³/mol. The Morgan fingerprint density at radius 3 is 2.47 bits per heavy atom. The summed E-state index contributed by atoms with van der Waals surface area (Å²) in [5, 5.41) is 3.26. The van der Waals surface area contributed by atoms with Crippen LogP contribution in [-0.4, -0.2) is 37.2 Å². The Labute approximate surface area is 116 Å². The number of para-hydroxylation sites is 1. The van der Waals surface area contributed by atoms with Crippen LogP contribution in [0.2, 0.25) is 0 Å². The van der Waals surface area contributed by atoms with Crippen molar-refractivity contribution in [2.75, 3.05) is 23.9 Å². The maximum absolute atomic E-state index is 11.9. The van der Waals surface area contributed by atoms with Gasteiger partial charge >= 0.3 is 0 Å². The van der Waals surface area contributed by atoms with Gasteiger partial charge in [0.1, 0.15) is 4.90 Å². The first-order chi connectivity index (χ1) is 9.03. The Bertz CT molecular complexity index is 562. The summed E-state index contributed by atoms with van der Waals surface area (Å²) in [4.78, 5) is 0.254. The van der Waals surface area contributed by atoms with Crippen LogP contribution >= 0.6 is 0 Å². The summed E-state index contributed by atoms with van der Waals surface area (Å²) in [6.45, 7) is 0. The van der Waals surface area contributed by atoms with Crippen molar-refractivity contribution in [3.05, 3.63) is 24.3 Å². The van der Waals surface area contributed by atoms with Crippen LogP contribution in [0.15, 0.2) is 29.2 Å². The lowest BCUT2D eigenvalue weighted by Crippen LogP contribution is -2.30. The molecule has 1 aliphatic heterocycles. The first-order valence-electron chi connectivity index (χ1n) is 6.17. The van der Waals surface area contributed by atoms with E-state index < -0.39 is 20.8 Å². The largest absolute Gasteiger partial charge is 0.381 e. The number of hydrogen-bond acceptors (Lipinski definition) is 4. The van der Waals surface area contributed by atoms with E-state index in [9.17, 15) is 12.6 Å². The average Bonchev–Trinajstić information content (AvgIpc) is 2.42. The summed E-state index contributed by atoms with van der Waals surface area (Å²) in [6, 6.07) is 7.03. The zero-order chi connectivity index (χ0) is 13.9. The second-order valence-corrected chi connectivity index (χ2v) is 8.02. The van der Waals surface area contributed by atoms with E-state index in [1.807, 2.05) is 0 Å². The monoisotopic (exact) mass is 302 g/mol. The highest BCUT2D eigenvalue weighted by atomic mass is 32.2. The Hall–Kier alpha value is -0.920. The Balaban J connectivity index is 2.19. The molecule has 0 bridgehead atoms. The minimum atomic E-state index is -3.46. The van der Waals surface area contributed by atoms with E-state index in [2.05, 4.69) is 10.0 Å². The highest BCUT2D eigenvalue weighted by molar-refractivity contribution is 7.89. The van der Waals surface area contributed by atoms with Crippen LogP contribution in [0.25, 0.3) is 0 Å². The molecule has 0 saturated carbocycles. The summed E-state index contributed by atoms with van der Waals surface area (Å²) in [7, 11) is -2.78. The standard InChI is InChI=1S/C12H18N2O3S2/c1-13-19(16,17)12-5-3-2-4-11(12)14-10-6-8-18(15)9-7-10/h2-5,10,13-14H,6-9H2,1H3. The van der Waals surface area contributed by atoms with Crippen LogP contribution in [0.1, 0.15) is 12.8 Å². The van der Waals surface area contributed by atoms with E-state index in [0.29, 0.717) is 17.2 Å². The minimum Gasteiger partial charge on any atom is -0.381 e. The first kappa shape index (κ1) is 14.5. The molecular weight excluding hydrogens is 284 g/mol. The number of benzene rings is 1. The number of rotatable bonds is 4. The quantitative estimate of drug-likeness (QED) is 0.867. The highest BCUT2D eigenvalue weighted by Gasteiger charge is 2.21. The van der Waals surface area contributed by atoms with E-state index >= 15 is 0 Å². The first-order valence-corrected chi connectivity index (χ1v) is 9.14. The van der Waals surface area contributed by atoms with Gasteiger partial charge in [-0.3, -0.25) is 4.21 Å². The fraction of sp³-hybridized carbons (Fsp3) is 0.500. The lowest BCUT2D eigenvalue weighted by atomic mass is 10.1. The maximum Gasteiger partial charge on any atom is 0.242 e. The molecule has 0 radical (unpaired) electrons. The van der Waals surface area contributed by atoms with Gasteiger partial charge in [0.05, 0.1) is 5.69 Å². The molecule has 0 aliphatic carbocycles. The van der Waals surface area contributed by atoms with Crippen molar-refractivity contribution in [2.45, 2.75) is 23.8 Å². The molecule has 0 spiro atoms. The number of sulfonamides is 1. The molecule has 0 amide bonds. The summed E-state index contributed by atoms with van der Waals surface area (Å²) in [5.74, 6) is 1.36. The average molecular weight is 302 g/mol. The number of hydrogen-bond donors (Lipinski definition) is 2. The van der Waals surface area contributed by atoms with Crippen molar-refractivity contribution in [1.29, 1.82) is 0 Å². The Morgan fingerprint density at radius 1 is 1.21 bits per heavy atom. The maximum atomic E-state index is 11.9. The van der Waals surface area contributed by atoms with Crippen molar-refractivity contribution >= 4 is 26.5 Å². The van der Waals surface area contributed by atoms with Crippen molar-refractivity contribution in [3.8, 4) is 0 Å². The molecule has 1 saturated heterocycles. The highest BCUT2D eigenvalue weighted by Crippen LogP contribution is 2.23. The summed E-state index contributed by atoms with van der Waals surface area (Å²) >= 11 is 0. The molecule has 0 aromatic heterocycles. The van der Waals surface area contributed by atoms with Crippen LogP contribution in [0.4, 0.5) is 5.69 Å². The molecule has 19 heavy (non-hydrogen) atoms. The molecule has 0 atom stereocenters. The Morgan fingerprint density at radius 2 is 1.84 bits per heavy atom. The van der Waals surface area contributed by atoms with Crippen molar-refractivity contribution in [1.82, 2.24) is 4.72 Å². The van der Waals surface area contributed by atoms with E-state index in [4.69, 9.17) is 0 Å². The van der Waals surface area contributed by atoms with Crippen LogP contribution in [0.3, 0.4) is 0 Å². The van der Waals surface area contributed by atoms with Gasteiger partial charge < -0.3 is 5.32 Å². The van der Waals surface area contributed by atoms with Gasteiger partial charge in [0, 0.05) is 28.3 Å². The third-order valence-electron chi connectivity index (χ3n) is 3.19. The molecule has 5 nitrogen and oxygen atoms in total. The van der Waals surface area contributed by atoms with Gasteiger partial charge in [0.15, 0.2) is 0 Å². The third kappa shape index (κ3) is 3.55. The van der Waals surface area contributed by atoms with Crippen molar-refractivity contribution in [2.24, 2.45) is 0 Å². The molecule has 1 aromatic rings. The van der Waals surface area contributed by atoms with Gasteiger partial charge in [-0.15, -0.1) is 0 Å². The van der Waals surface area contributed by atoms with Gasteiger partial charge in [-0.25, -0.2) is 13.1 Å². The SMILES string of the molecule is CNS(=O)(=O)c1ccccc1NC1CCS(=O)CC1. The predicted octanol–water partition coefficient (Wildman–Crippen LogP) is 0.918. The summed E-state index contributed by atoms with van der Waals surface area (Å²) < 4.78 is 37.5. The minimum absolute atomic E-state index is 0.186. The number of anilines is 1. The number of nitrogens with one attached hydrogen (secondary N) is 2. The normalized spacial score (nSPS) is 24.1. The fourth-order valence-electron chi connectivity index (χ4n) is 2.09. The van der Waals surface area contributed by atoms with Crippen LogP contribution in [0.5, 0.6) is 0 Å². The summed E-state index contributed by atoms with van der Waals surface area (Å²) in [5.41, 5.74) is 0.606. The second-order valence-electron chi connectivity index (χ2n) is 4.47. The molecule has 7 heteroatoms. The van der Waals surface area contributed by atoms with Crippen LogP contribution < -0.4 is 10.0 Å². The zero-order valence-electron chi connectivity index (χ0n) is 10.8. The lowest BCUT2D eigenvalue weighted by molar-refractivity contribution is 0.587. The van der Waals surface area contributed by atoms with Gasteiger partial charge in [-0.1, -0.05) is 12.1 Å². The third-order valence-corrected chi connectivity index (χ3v) is 6.05. The van der Waals surface area contributed by atoms with Crippen LogP contribution in [0, 0.1) is 0 Å². The smallest absolute Gasteiger partial charge is 0.242 e. The Kier molecular flexibility index (Phi) is 4.59. The second kappa shape index (κ2) is 6.02. The zero-order valence-corrected chi connectivity index (χ0v) is 12.4. The van der Waals surface area contributed by atoms with E-state index in [0.717, 1.165) is 12.8 Å². The van der Waals surface area contributed by atoms with Crippen molar-refractivity contribution in [3.63, 3.8) is 0 Å². The molecule has 1 heterocycles. The molecule has 106 valence electrons. The van der Waals surface area contributed by atoms with E-state index in [-0.39, 0.29) is 10.9 Å². The van der Waals surface area contributed by atoms with Gasteiger partial charge in [-0.05, 0) is 32.0 Å². The molecule has 0 unspecified atom stereocenters.